The molecule has 2 amide bonds. The molecule has 1 rings (SSSR count). The van der Waals surface area contributed by atoms with Crippen LogP contribution in [0, 0.1) is 0 Å². The van der Waals surface area contributed by atoms with Crippen molar-refractivity contribution < 1.29 is 19.4 Å². The summed E-state index contributed by atoms with van der Waals surface area (Å²) in [5.41, 5.74) is 0.581. The SMILES string of the molecule is O=C(O)Nc1ccccc1NC(=O)OCCCl. The van der Waals surface area contributed by atoms with Gasteiger partial charge in [0.25, 0.3) is 0 Å². The van der Waals surface area contributed by atoms with Gasteiger partial charge in [-0.1, -0.05) is 12.1 Å². The van der Waals surface area contributed by atoms with Crippen LogP contribution in [0.3, 0.4) is 0 Å². The number of para-hydroxylation sites is 2. The van der Waals surface area contributed by atoms with Gasteiger partial charge in [0.2, 0.25) is 0 Å². The van der Waals surface area contributed by atoms with Crippen LogP contribution in [0.4, 0.5) is 21.0 Å². The third-order valence-corrected chi connectivity index (χ3v) is 1.87. The van der Waals surface area contributed by atoms with Gasteiger partial charge in [0.15, 0.2) is 0 Å². The van der Waals surface area contributed by atoms with Gasteiger partial charge in [-0.05, 0) is 12.1 Å². The molecule has 0 aliphatic rings. The van der Waals surface area contributed by atoms with E-state index >= 15 is 0 Å². The normalized spacial score (nSPS) is 9.47. The van der Waals surface area contributed by atoms with Crippen LogP contribution in [0.2, 0.25) is 0 Å². The third kappa shape index (κ3) is 4.60. The molecule has 7 heteroatoms. The summed E-state index contributed by atoms with van der Waals surface area (Å²) in [5.74, 6) is 0.197. The summed E-state index contributed by atoms with van der Waals surface area (Å²) < 4.78 is 4.70. The second-order valence-corrected chi connectivity index (χ2v) is 3.30. The topological polar surface area (TPSA) is 87.7 Å². The maximum Gasteiger partial charge on any atom is 0.411 e. The van der Waals surface area contributed by atoms with E-state index in [0.29, 0.717) is 5.69 Å². The first-order chi connectivity index (χ1) is 8.13. The zero-order valence-electron chi connectivity index (χ0n) is 8.77. The summed E-state index contributed by atoms with van der Waals surface area (Å²) in [6, 6.07) is 6.36. The predicted molar refractivity (Wildman–Crippen MR) is 63.8 cm³/mol. The number of alkyl halides is 1. The third-order valence-electron chi connectivity index (χ3n) is 1.72. The number of benzene rings is 1. The Bertz CT molecular complexity index is 411. The van der Waals surface area contributed by atoms with E-state index in [4.69, 9.17) is 21.4 Å². The van der Waals surface area contributed by atoms with E-state index in [0.717, 1.165) is 0 Å². The van der Waals surface area contributed by atoms with Gasteiger partial charge >= 0.3 is 12.2 Å². The Morgan fingerprint density at radius 3 is 2.35 bits per heavy atom. The van der Waals surface area contributed by atoms with Gasteiger partial charge in [-0.3, -0.25) is 10.6 Å². The molecule has 92 valence electrons. The second-order valence-electron chi connectivity index (χ2n) is 2.93. The zero-order chi connectivity index (χ0) is 12.7. The van der Waals surface area contributed by atoms with Crippen molar-refractivity contribution in [3.05, 3.63) is 24.3 Å². The van der Waals surface area contributed by atoms with Crippen molar-refractivity contribution in [2.24, 2.45) is 0 Å². The molecule has 1 aromatic carbocycles. The number of hydrogen-bond donors (Lipinski definition) is 3. The largest absolute Gasteiger partial charge is 0.465 e. The summed E-state index contributed by atoms with van der Waals surface area (Å²) in [5, 5.41) is 13.2. The number of anilines is 2. The Morgan fingerprint density at radius 2 is 1.82 bits per heavy atom. The quantitative estimate of drug-likeness (QED) is 0.724. The molecule has 0 saturated heterocycles. The lowest BCUT2D eigenvalue weighted by atomic mass is 10.2. The summed E-state index contributed by atoms with van der Waals surface area (Å²) in [7, 11) is 0. The Kier molecular flexibility index (Phi) is 5.09. The van der Waals surface area contributed by atoms with Gasteiger partial charge in [0.05, 0.1) is 17.3 Å². The predicted octanol–water partition coefficient (Wildman–Crippen LogP) is 2.56. The van der Waals surface area contributed by atoms with E-state index in [9.17, 15) is 9.59 Å². The molecule has 0 aromatic heterocycles. The van der Waals surface area contributed by atoms with E-state index in [1.165, 1.54) is 6.07 Å². The molecule has 0 atom stereocenters. The summed E-state index contributed by atoms with van der Waals surface area (Å²) in [6.45, 7) is 0.0852. The van der Waals surface area contributed by atoms with E-state index in [-0.39, 0.29) is 18.2 Å². The molecule has 0 heterocycles. The molecule has 17 heavy (non-hydrogen) atoms. The van der Waals surface area contributed by atoms with Crippen molar-refractivity contribution in [3.63, 3.8) is 0 Å². The van der Waals surface area contributed by atoms with Crippen LogP contribution in [0.15, 0.2) is 24.3 Å². The lowest BCUT2D eigenvalue weighted by molar-refractivity contribution is 0.168. The minimum atomic E-state index is -1.21. The van der Waals surface area contributed by atoms with E-state index in [1.807, 2.05) is 0 Å². The van der Waals surface area contributed by atoms with Gasteiger partial charge < -0.3 is 9.84 Å². The molecule has 0 unspecified atom stereocenters. The van der Waals surface area contributed by atoms with Crippen LogP contribution >= 0.6 is 11.6 Å². The molecule has 0 saturated carbocycles. The molecule has 0 fully saturated rings. The van der Waals surface area contributed by atoms with Gasteiger partial charge in [-0.15, -0.1) is 11.6 Å². The Labute approximate surface area is 103 Å². The highest BCUT2D eigenvalue weighted by molar-refractivity contribution is 6.18. The molecular weight excluding hydrogens is 248 g/mol. The van der Waals surface area contributed by atoms with Crippen molar-refractivity contribution in [1.29, 1.82) is 0 Å². The molecule has 3 N–H and O–H groups in total. The zero-order valence-corrected chi connectivity index (χ0v) is 9.53. The lowest BCUT2D eigenvalue weighted by Gasteiger charge is -2.10. The molecule has 0 aliphatic carbocycles. The number of amides is 2. The maximum atomic E-state index is 11.2. The van der Waals surface area contributed by atoms with Crippen LogP contribution < -0.4 is 10.6 Å². The number of rotatable bonds is 4. The Hall–Kier alpha value is -1.95. The van der Waals surface area contributed by atoms with Crippen molar-refractivity contribution in [2.75, 3.05) is 23.1 Å². The number of nitrogens with one attached hydrogen (secondary N) is 2. The van der Waals surface area contributed by atoms with Crippen LogP contribution in [0.1, 0.15) is 0 Å². The van der Waals surface area contributed by atoms with Crippen LogP contribution in [0.25, 0.3) is 0 Å². The fourth-order valence-corrected chi connectivity index (χ4v) is 1.17. The summed E-state index contributed by atoms with van der Waals surface area (Å²) in [4.78, 5) is 21.7. The first-order valence-electron chi connectivity index (χ1n) is 4.72. The van der Waals surface area contributed by atoms with Crippen LogP contribution in [0.5, 0.6) is 0 Å². The first kappa shape index (κ1) is 13.1. The standard InChI is InChI=1S/C10H11ClN2O4/c11-5-6-17-10(16)13-8-4-2-1-3-7(8)12-9(14)15/h1-4,12H,5-6H2,(H,13,16)(H,14,15). The number of carboxylic acid groups (broad SMARTS) is 1. The number of ether oxygens (including phenoxy) is 1. The molecule has 6 nitrogen and oxygen atoms in total. The number of hydrogen-bond acceptors (Lipinski definition) is 3. The van der Waals surface area contributed by atoms with Crippen LogP contribution in [-0.2, 0) is 4.74 Å². The van der Waals surface area contributed by atoms with Crippen molar-refractivity contribution in [1.82, 2.24) is 0 Å². The maximum absolute atomic E-state index is 11.2. The smallest absolute Gasteiger partial charge is 0.411 e. The molecule has 0 radical (unpaired) electrons. The number of carbonyl (C=O) groups is 2. The van der Waals surface area contributed by atoms with Crippen molar-refractivity contribution >= 4 is 35.2 Å². The molecule has 1 aromatic rings. The second kappa shape index (κ2) is 6.59. The Morgan fingerprint density at radius 1 is 1.24 bits per heavy atom. The van der Waals surface area contributed by atoms with E-state index in [1.54, 1.807) is 18.2 Å². The van der Waals surface area contributed by atoms with E-state index in [2.05, 4.69) is 10.6 Å². The minimum absolute atomic E-state index is 0.0852. The van der Waals surface area contributed by atoms with E-state index < -0.39 is 12.2 Å². The highest BCUT2D eigenvalue weighted by atomic mass is 35.5. The monoisotopic (exact) mass is 258 g/mol. The minimum Gasteiger partial charge on any atom is -0.465 e. The first-order valence-corrected chi connectivity index (χ1v) is 5.25. The molecule has 0 bridgehead atoms. The fourth-order valence-electron chi connectivity index (χ4n) is 1.09. The average Bonchev–Trinajstić information content (AvgIpc) is 2.28. The van der Waals surface area contributed by atoms with Crippen molar-refractivity contribution in [2.45, 2.75) is 0 Å². The van der Waals surface area contributed by atoms with Gasteiger partial charge in [-0.25, -0.2) is 9.59 Å². The van der Waals surface area contributed by atoms with Gasteiger partial charge in [0.1, 0.15) is 6.61 Å². The van der Waals surface area contributed by atoms with Gasteiger partial charge in [-0.2, -0.15) is 0 Å². The van der Waals surface area contributed by atoms with Crippen molar-refractivity contribution in [3.8, 4) is 0 Å². The molecule has 0 spiro atoms. The molecular formula is C10H11ClN2O4. The highest BCUT2D eigenvalue weighted by Crippen LogP contribution is 2.20. The Balaban J connectivity index is 2.69. The molecule has 0 aliphatic heterocycles. The summed E-state index contributed by atoms with van der Waals surface area (Å²) >= 11 is 5.35. The lowest BCUT2D eigenvalue weighted by Crippen LogP contribution is -2.17. The summed E-state index contributed by atoms with van der Waals surface area (Å²) in [6.07, 6.45) is -1.90. The van der Waals surface area contributed by atoms with Crippen LogP contribution in [-0.4, -0.2) is 29.8 Å². The van der Waals surface area contributed by atoms with Gasteiger partial charge in [0, 0.05) is 0 Å². The highest BCUT2D eigenvalue weighted by Gasteiger charge is 2.08. The number of halogens is 1. The average molecular weight is 259 g/mol. The fraction of sp³-hybridized carbons (Fsp3) is 0.200. The number of carbonyl (C=O) groups excluding carboxylic acids is 1.